The molecule has 0 saturated carbocycles. The van der Waals surface area contributed by atoms with Crippen LogP contribution in [0.5, 0.6) is 0 Å². The lowest BCUT2D eigenvalue weighted by atomic mass is 10.2. The quantitative estimate of drug-likeness (QED) is 0.812. The van der Waals surface area contributed by atoms with Crippen LogP contribution in [0, 0.1) is 0 Å². The average molecular weight is 313 g/mol. The van der Waals surface area contributed by atoms with Crippen molar-refractivity contribution in [3.8, 4) is 0 Å². The molecule has 0 spiro atoms. The molecule has 1 rings (SSSR count). The van der Waals surface area contributed by atoms with E-state index >= 15 is 0 Å². The van der Waals surface area contributed by atoms with Crippen molar-refractivity contribution in [2.45, 2.75) is 39.3 Å². The Morgan fingerprint density at radius 3 is 2.67 bits per heavy atom. The first-order valence-electron chi connectivity index (χ1n) is 6.91. The molecule has 0 aliphatic carbocycles. The second kappa shape index (κ2) is 8.52. The van der Waals surface area contributed by atoms with Crippen molar-refractivity contribution < 1.29 is 14.7 Å². The third-order valence-electron chi connectivity index (χ3n) is 3.01. The first kappa shape index (κ1) is 17.3. The number of carbonyl (C=O) groups is 2. The van der Waals surface area contributed by atoms with E-state index in [1.807, 2.05) is 26.0 Å². The van der Waals surface area contributed by atoms with E-state index in [0.717, 1.165) is 5.56 Å². The Balaban J connectivity index is 2.50. The van der Waals surface area contributed by atoms with Crippen molar-refractivity contribution in [1.82, 2.24) is 10.2 Å². The Bertz CT molecular complexity index is 492. The van der Waals surface area contributed by atoms with Crippen LogP contribution in [0.3, 0.4) is 0 Å². The maximum atomic E-state index is 12.2. The number of urea groups is 1. The van der Waals surface area contributed by atoms with Gasteiger partial charge in [-0.05, 0) is 38.0 Å². The highest BCUT2D eigenvalue weighted by Gasteiger charge is 2.16. The molecule has 0 aromatic heterocycles. The van der Waals surface area contributed by atoms with Gasteiger partial charge in [-0.25, -0.2) is 4.79 Å². The summed E-state index contributed by atoms with van der Waals surface area (Å²) in [5.74, 6) is -0.849. The number of carbonyl (C=O) groups excluding carboxylic acids is 1. The van der Waals surface area contributed by atoms with Gasteiger partial charge < -0.3 is 15.3 Å². The maximum Gasteiger partial charge on any atom is 0.317 e. The van der Waals surface area contributed by atoms with E-state index in [9.17, 15) is 9.59 Å². The first-order valence-corrected chi connectivity index (χ1v) is 7.28. The minimum absolute atomic E-state index is 0.0122. The van der Waals surface area contributed by atoms with Crippen molar-refractivity contribution in [2.24, 2.45) is 0 Å². The Morgan fingerprint density at radius 2 is 2.10 bits per heavy atom. The van der Waals surface area contributed by atoms with Crippen LogP contribution in [-0.2, 0) is 11.3 Å². The number of rotatable bonds is 7. The summed E-state index contributed by atoms with van der Waals surface area (Å²) in [7, 11) is 0. The lowest BCUT2D eigenvalue weighted by Gasteiger charge is -2.26. The van der Waals surface area contributed by atoms with Crippen LogP contribution in [0.15, 0.2) is 24.3 Å². The van der Waals surface area contributed by atoms with Gasteiger partial charge in [0.15, 0.2) is 0 Å². The molecular weight excluding hydrogens is 292 g/mol. The van der Waals surface area contributed by atoms with E-state index in [1.165, 1.54) is 0 Å². The Labute approximate surface area is 129 Å². The lowest BCUT2D eigenvalue weighted by Crippen LogP contribution is -2.44. The summed E-state index contributed by atoms with van der Waals surface area (Å²) in [6.07, 6.45) is 0.503. The van der Waals surface area contributed by atoms with Crippen LogP contribution in [0.1, 0.15) is 32.3 Å². The molecule has 0 unspecified atom stereocenters. The third kappa shape index (κ3) is 6.49. The summed E-state index contributed by atoms with van der Waals surface area (Å²) in [4.78, 5) is 24.3. The van der Waals surface area contributed by atoms with E-state index in [-0.39, 0.29) is 18.5 Å². The van der Waals surface area contributed by atoms with Crippen LogP contribution < -0.4 is 5.32 Å². The molecule has 116 valence electrons. The number of nitrogens with zero attached hydrogens (tertiary/aromatic N) is 1. The number of amides is 2. The zero-order valence-electron chi connectivity index (χ0n) is 12.3. The zero-order chi connectivity index (χ0) is 15.8. The standard InChI is InChI=1S/C15H21ClN2O3/c1-11(2)18(8-4-7-14(19)20)15(21)17-10-12-5-3-6-13(16)9-12/h3,5-6,9,11H,4,7-8,10H2,1-2H3,(H,17,21)(H,19,20). The van der Waals surface area contributed by atoms with E-state index in [1.54, 1.807) is 17.0 Å². The van der Waals surface area contributed by atoms with Crippen molar-refractivity contribution in [3.63, 3.8) is 0 Å². The zero-order valence-corrected chi connectivity index (χ0v) is 13.1. The molecule has 0 aliphatic heterocycles. The highest BCUT2D eigenvalue weighted by molar-refractivity contribution is 6.30. The monoisotopic (exact) mass is 312 g/mol. The predicted molar refractivity (Wildman–Crippen MR) is 82.4 cm³/mol. The normalized spacial score (nSPS) is 10.5. The third-order valence-corrected chi connectivity index (χ3v) is 3.24. The summed E-state index contributed by atoms with van der Waals surface area (Å²) >= 11 is 5.89. The highest BCUT2D eigenvalue weighted by atomic mass is 35.5. The minimum Gasteiger partial charge on any atom is -0.481 e. The van der Waals surface area contributed by atoms with Crippen LogP contribution in [0.25, 0.3) is 0 Å². The molecule has 0 bridgehead atoms. The van der Waals surface area contributed by atoms with Gasteiger partial charge in [0.25, 0.3) is 0 Å². The van der Waals surface area contributed by atoms with Gasteiger partial charge in [0.2, 0.25) is 0 Å². The van der Waals surface area contributed by atoms with Crippen molar-refractivity contribution in [1.29, 1.82) is 0 Å². The van der Waals surface area contributed by atoms with Gasteiger partial charge in [-0.2, -0.15) is 0 Å². The number of nitrogens with one attached hydrogen (secondary N) is 1. The maximum absolute atomic E-state index is 12.2. The summed E-state index contributed by atoms with van der Waals surface area (Å²) < 4.78 is 0. The minimum atomic E-state index is -0.849. The van der Waals surface area contributed by atoms with Crippen LogP contribution >= 0.6 is 11.6 Å². The summed E-state index contributed by atoms with van der Waals surface area (Å²) in [6, 6.07) is 7.10. The number of benzene rings is 1. The number of aliphatic carboxylic acids is 1. The number of halogens is 1. The Morgan fingerprint density at radius 1 is 1.38 bits per heavy atom. The fraction of sp³-hybridized carbons (Fsp3) is 0.467. The van der Waals surface area contributed by atoms with Gasteiger partial charge in [0, 0.05) is 30.6 Å². The molecule has 1 aromatic rings. The molecule has 6 heteroatoms. The van der Waals surface area contributed by atoms with Crippen molar-refractivity contribution >= 4 is 23.6 Å². The SMILES string of the molecule is CC(C)N(CCCC(=O)O)C(=O)NCc1cccc(Cl)c1. The van der Waals surface area contributed by atoms with Gasteiger partial charge >= 0.3 is 12.0 Å². The summed E-state index contributed by atoms with van der Waals surface area (Å²) in [5, 5.41) is 12.1. The topological polar surface area (TPSA) is 69.6 Å². The molecule has 2 N–H and O–H groups in total. The lowest BCUT2D eigenvalue weighted by molar-refractivity contribution is -0.137. The van der Waals surface area contributed by atoms with Crippen LogP contribution in [0.2, 0.25) is 5.02 Å². The van der Waals surface area contributed by atoms with Gasteiger partial charge in [-0.1, -0.05) is 23.7 Å². The summed E-state index contributed by atoms with van der Waals surface area (Å²) in [6.45, 7) is 4.62. The first-order chi connectivity index (χ1) is 9.90. The average Bonchev–Trinajstić information content (AvgIpc) is 2.40. The number of carboxylic acids is 1. The molecular formula is C15H21ClN2O3. The van der Waals surface area contributed by atoms with E-state index in [2.05, 4.69) is 5.32 Å². The van der Waals surface area contributed by atoms with E-state index in [0.29, 0.717) is 24.5 Å². The molecule has 0 heterocycles. The molecule has 21 heavy (non-hydrogen) atoms. The van der Waals surface area contributed by atoms with Crippen LogP contribution in [0.4, 0.5) is 4.79 Å². The van der Waals surface area contributed by atoms with Gasteiger partial charge in [-0.3, -0.25) is 4.79 Å². The Hall–Kier alpha value is -1.75. The highest BCUT2D eigenvalue weighted by Crippen LogP contribution is 2.10. The van der Waals surface area contributed by atoms with E-state index in [4.69, 9.17) is 16.7 Å². The van der Waals surface area contributed by atoms with Crippen molar-refractivity contribution in [2.75, 3.05) is 6.54 Å². The fourth-order valence-corrected chi connectivity index (χ4v) is 2.13. The molecule has 0 radical (unpaired) electrons. The Kier molecular flexibility index (Phi) is 7.02. The second-order valence-electron chi connectivity index (χ2n) is 5.07. The largest absolute Gasteiger partial charge is 0.481 e. The number of hydrogen-bond donors (Lipinski definition) is 2. The van der Waals surface area contributed by atoms with Gasteiger partial charge in [0.05, 0.1) is 0 Å². The van der Waals surface area contributed by atoms with Gasteiger partial charge in [-0.15, -0.1) is 0 Å². The number of hydrogen-bond acceptors (Lipinski definition) is 2. The van der Waals surface area contributed by atoms with Crippen molar-refractivity contribution in [3.05, 3.63) is 34.9 Å². The number of carboxylic acid groups (broad SMARTS) is 1. The van der Waals surface area contributed by atoms with E-state index < -0.39 is 5.97 Å². The molecule has 0 atom stereocenters. The molecule has 2 amide bonds. The summed E-state index contributed by atoms with van der Waals surface area (Å²) in [5.41, 5.74) is 0.921. The van der Waals surface area contributed by atoms with Crippen LogP contribution in [-0.4, -0.2) is 34.6 Å². The molecule has 5 nitrogen and oxygen atoms in total. The molecule has 1 aromatic carbocycles. The smallest absolute Gasteiger partial charge is 0.317 e. The van der Waals surface area contributed by atoms with Gasteiger partial charge in [0.1, 0.15) is 0 Å². The molecule has 0 aliphatic rings. The predicted octanol–water partition coefficient (Wildman–Crippen LogP) is 3.12. The fourth-order valence-electron chi connectivity index (χ4n) is 1.92. The molecule has 0 fully saturated rings. The molecule has 0 saturated heterocycles. The second-order valence-corrected chi connectivity index (χ2v) is 5.51.